The Morgan fingerprint density at radius 2 is 2.10 bits per heavy atom. The third kappa shape index (κ3) is 5.09. The van der Waals surface area contributed by atoms with Crippen LogP contribution in [0.2, 0.25) is 0 Å². The van der Waals surface area contributed by atoms with Crippen LogP contribution in [-0.2, 0) is 4.79 Å². The lowest BCUT2D eigenvalue weighted by Gasteiger charge is -2.31. The highest BCUT2D eigenvalue weighted by Crippen LogP contribution is 2.37. The van der Waals surface area contributed by atoms with Crippen LogP contribution in [0.4, 0.5) is 15.9 Å². The number of hydrogen-bond acceptors (Lipinski definition) is 8. The number of halogens is 1. The third-order valence-corrected chi connectivity index (χ3v) is 7.05. The quantitative estimate of drug-likeness (QED) is 0.306. The van der Waals surface area contributed by atoms with Crippen LogP contribution in [0.1, 0.15) is 24.0 Å². The topological polar surface area (TPSA) is 139 Å². The van der Waals surface area contributed by atoms with Crippen molar-refractivity contribution < 1.29 is 9.18 Å². The van der Waals surface area contributed by atoms with Crippen LogP contribution >= 0.6 is 0 Å². The Labute approximate surface area is 231 Å². The van der Waals surface area contributed by atoms with Gasteiger partial charge in [0.15, 0.2) is 11.5 Å². The molecule has 4 aromatic rings. The Morgan fingerprint density at radius 1 is 1.30 bits per heavy atom. The lowest BCUT2D eigenvalue weighted by atomic mass is 10.0. The van der Waals surface area contributed by atoms with E-state index in [1.165, 1.54) is 23.2 Å². The summed E-state index contributed by atoms with van der Waals surface area (Å²) in [7, 11) is 3.37. The Balaban J connectivity index is 1.67. The second-order valence-electron chi connectivity index (χ2n) is 10.00. The van der Waals surface area contributed by atoms with E-state index in [2.05, 4.69) is 15.2 Å². The minimum Gasteiger partial charge on any atom is -0.376 e. The average Bonchev–Trinajstić information content (AvgIpc) is 3.35. The van der Waals surface area contributed by atoms with E-state index >= 15 is 0 Å². The van der Waals surface area contributed by atoms with Crippen molar-refractivity contribution in [2.75, 3.05) is 43.9 Å². The number of fused-ring (bicyclic) bond motifs is 1. The molecule has 1 amide bonds. The van der Waals surface area contributed by atoms with Gasteiger partial charge in [-0.05, 0) is 37.1 Å². The summed E-state index contributed by atoms with van der Waals surface area (Å²) >= 11 is 0. The van der Waals surface area contributed by atoms with E-state index in [4.69, 9.17) is 16.1 Å². The van der Waals surface area contributed by atoms with Gasteiger partial charge in [-0.2, -0.15) is 5.26 Å². The number of likely N-dealkylation sites (N-methyl/N-ethyl adjacent to an activating group) is 1. The molecule has 1 aliphatic heterocycles. The number of nitrogens with zero attached hydrogens (tertiary/aromatic N) is 6. The molecule has 1 aliphatic rings. The van der Waals surface area contributed by atoms with Crippen LogP contribution in [-0.4, -0.2) is 71.2 Å². The van der Waals surface area contributed by atoms with Crippen LogP contribution in [0.5, 0.6) is 0 Å². The molecular weight excluding hydrogens is 509 g/mol. The number of carbonyl (C=O) groups excluding carboxylic acids is 1. The lowest BCUT2D eigenvalue weighted by Crippen LogP contribution is -2.43. The second-order valence-corrected chi connectivity index (χ2v) is 10.00. The Bertz CT molecular complexity index is 1640. The summed E-state index contributed by atoms with van der Waals surface area (Å²) in [4.78, 5) is 25.3. The van der Waals surface area contributed by atoms with Gasteiger partial charge in [0.25, 0.3) is 0 Å². The van der Waals surface area contributed by atoms with Gasteiger partial charge in [-0.1, -0.05) is 12.1 Å². The highest BCUT2D eigenvalue weighted by atomic mass is 19.1. The van der Waals surface area contributed by atoms with Gasteiger partial charge >= 0.3 is 0 Å². The van der Waals surface area contributed by atoms with Gasteiger partial charge in [-0.15, -0.1) is 0 Å². The molecule has 0 saturated carbocycles. The van der Waals surface area contributed by atoms with E-state index in [1.807, 2.05) is 28.7 Å². The number of anilines is 2. The van der Waals surface area contributed by atoms with Crippen LogP contribution in [0, 0.1) is 22.6 Å². The summed E-state index contributed by atoms with van der Waals surface area (Å²) in [5, 5.41) is 20.4. The second kappa shape index (κ2) is 11.1. The van der Waals surface area contributed by atoms with Gasteiger partial charge in [0.1, 0.15) is 11.9 Å². The largest absolute Gasteiger partial charge is 0.376 e. The van der Waals surface area contributed by atoms with Gasteiger partial charge < -0.3 is 26.3 Å². The highest BCUT2D eigenvalue weighted by molar-refractivity contribution is 5.92. The van der Waals surface area contributed by atoms with E-state index in [-0.39, 0.29) is 24.1 Å². The smallest absolute Gasteiger partial charge is 0.241 e. The standard InChI is InChI=1S/C29H30FN9O/c1-37(2)25(40)16-35-24-8-7-19(12-21(24)15-32)27-26(18-5-6-20(14-31)23(30)13-18)36-29-28(34-9-11-39(27)29)38-10-3-4-22(33)17-38/h5-9,11-13,15,22,32,35H,3-4,10,16-17,33H2,1-2H3. The molecule has 3 heterocycles. The SMILES string of the molecule is CN(C)C(=O)CNc1ccc(-c2c(-c3ccc(C#N)c(F)c3)nc3c(N4CCCC(N)C4)nccn23)cc1C=N. The lowest BCUT2D eigenvalue weighted by molar-refractivity contribution is -0.126. The first-order valence-corrected chi connectivity index (χ1v) is 13.0. The molecule has 5 rings (SSSR count). The van der Waals surface area contributed by atoms with Crippen molar-refractivity contribution in [3.8, 4) is 28.6 Å². The minimum atomic E-state index is -0.631. The molecule has 1 saturated heterocycles. The van der Waals surface area contributed by atoms with Crippen molar-refractivity contribution in [2.24, 2.45) is 5.73 Å². The Kier molecular flexibility index (Phi) is 7.44. The molecule has 40 heavy (non-hydrogen) atoms. The highest BCUT2D eigenvalue weighted by Gasteiger charge is 2.25. The number of rotatable bonds is 7. The van der Waals surface area contributed by atoms with Gasteiger partial charge in [0.2, 0.25) is 5.91 Å². The van der Waals surface area contributed by atoms with Crippen molar-refractivity contribution in [3.63, 3.8) is 0 Å². The fourth-order valence-electron chi connectivity index (χ4n) is 4.94. The molecule has 2 aromatic carbocycles. The van der Waals surface area contributed by atoms with Crippen molar-refractivity contribution >= 4 is 29.3 Å². The number of carbonyl (C=O) groups is 1. The molecule has 4 N–H and O–H groups in total. The number of nitrogens with one attached hydrogen (secondary N) is 2. The molecule has 2 aromatic heterocycles. The fourth-order valence-corrected chi connectivity index (χ4v) is 4.94. The molecule has 0 radical (unpaired) electrons. The van der Waals surface area contributed by atoms with Gasteiger partial charge in [-0.3, -0.25) is 9.20 Å². The molecule has 1 fully saturated rings. The summed E-state index contributed by atoms with van der Waals surface area (Å²) in [6.45, 7) is 1.54. The van der Waals surface area contributed by atoms with Crippen LogP contribution < -0.4 is 16.0 Å². The maximum atomic E-state index is 14.8. The van der Waals surface area contributed by atoms with Crippen molar-refractivity contribution in [2.45, 2.75) is 18.9 Å². The summed E-state index contributed by atoms with van der Waals surface area (Å²) < 4.78 is 16.7. The summed E-state index contributed by atoms with van der Waals surface area (Å²) in [6.07, 6.45) is 6.62. The monoisotopic (exact) mass is 539 g/mol. The summed E-state index contributed by atoms with van der Waals surface area (Å²) in [5.41, 5.74) is 10.5. The molecular formula is C29H30FN9O. The van der Waals surface area contributed by atoms with Crippen molar-refractivity contribution in [1.82, 2.24) is 19.3 Å². The number of hydrogen-bond donors (Lipinski definition) is 3. The number of piperidine rings is 1. The van der Waals surface area contributed by atoms with Crippen LogP contribution in [0.25, 0.3) is 28.2 Å². The number of nitrogens with two attached hydrogens (primary N) is 1. The first-order chi connectivity index (χ1) is 19.3. The summed E-state index contributed by atoms with van der Waals surface area (Å²) in [5.74, 6) is -0.0370. The zero-order valence-corrected chi connectivity index (χ0v) is 22.4. The van der Waals surface area contributed by atoms with Crippen LogP contribution in [0.15, 0.2) is 48.8 Å². The third-order valence-electron chi connectivity index (χ3n) is 7.05. The summed E-state index contributed by atoms with van der Waals surface area (Å²) in [6, 6.07) is 11.9. The molecule has 204 valence electrons. The van der Waals surface area contributed by atoms with E-state index in [9.17, 15) is 14.4 Å². The van der Waals surface area contributed by atoms with Gasteiger partial charge in [0.05, 0.1) is 23.5 Å². The van der Waals surface area contributed by atoms with E-state index in [0.29, 0.717) is 46.2 Å². The fraction of sp³-hybridized carbons (Fsp3) is 0.276. The maximum absolute atomic E-state index is 14.8. The average molecular weight is 540 g/mol. The predicted molar refractivity (Wildman–Crippen MR) is 153 cm³/mol. The first kappa shape index (κ1) is 26.8. The van der Waals surface area contributed by atoms with E-state index in [1.54, 1.807) is 32.6 Å². The molecule has 0 aliphatic carbocycles. The zero-order valence-electron chi connectivity index (χ0n) is 22.4. The van der Waals surface area contributed by atoms with Crippen LogP contribution in [0.3, 0.4) is 0 Å². The van der Waals surface area contributed by atoms with Gasteiger partial charge in [0, 0.05) is 74.2 Å². The number of imidazole rings is 1. The molecule has 1 atom stereocenters. The Hall–Kier alpha value is -4.82. The predicted octanol–water partition coefficient (Wildman–Crippen LogP) is 3.50. The zero-order chi connectivity index (χ0) is 28.4. The van der Waals surface area contributed by atoms with E-state index < -0.39 is 5.82 Å². The number of aromatic nitrogens is 3. The molecule has 1 unspecified atom stereocenters. The normalized spacial score (nSPS) is 15.1. The molecule has 11 heteroatoms. The van der Waals surface area contributed by atoms with Crippen molar-refractivity contribution in [1.29, 1.82) is 10.7 Å². The number of nitriles is 1. The number of amides is 1. The van der Waals surface area contributed by atoms with E-state index in [0.717, 1.165) is 24.9 Å². The maximum Gasteiger partial charge on any atom is 0.241 e. The molecule has 10 nitrogen and oxygen atoms in total. The van der Waals surface area contributed by atoms with Gasteiger partial charge in [-0.25, -0.2) is 14.4 Å². The first-order valence-electron chi connectivity index (χ1n) is 13.0. The molecule has 0 spiro atoms. The Morgan fingerprint density at radius 3 is 2.80 bits per heavy atom. The molecule has 0 bridgehead atoms. The minimum absolute atomic E-state index is 0.0342. The van der Waals surface area contributed by atoms with Crippen molar-refractivity contribution in [3.05, 3.63) is 65.7 Å². The number of benzene rings is 2.